The van der Waals surface area contributed by atoms with E-state index in [1.807, 2.05) is 14.1 Å². The normalized spacial score (nSPS) is 12.6. The van der Waals surface area contributed by atoms with Gasteiger partial charge in [0.15, 0.2) is 5.96 Å². The van der Waals surface area contributed by atoms with Gasteiger partial charge in [0.25, 0.3) is 0 Å². The van der Waals surface area contributed by atoms with Gasteiger partial charge < -0.3 is 10.2 Å². The summed E-state index contributed by atoms with van der Waals surface area (Å²) in [5, 5.41) is 7.43. The average Bonchev–Trinajstić information content (AvgIpc) is 2.77. The highest BCUT2D eigenvalue weighted by Gasteiger charge is 2.11. The first-order chi connectivity index (χ1) is 9.83. The van der Waals surface area contributed by atoms with Crippen LogP contribution in [0.5, 0.6) is 0 Å². The van der Waals surface area contributed by atoms with Crippen molar-refractivity contribution in [1.29, 1.82) is 0 Å². The van der Waals surface area contributed by atoms with Crippen LogP contribution < -0.4 is 5.32 Å². The second-order valence-electron chi connectivity index (χ2n) is 6.56. The first-order valence-corrected chi connectivity index (χ1v) is 7.66. The fraction of sp³-hybridized carbons (Fsp3) is 0.800. The molecule has 1 N–H and O–H groups in total. The topological polar surface area (TPSA) is 58.3 Å². The number of aromatic nitrogens is 3. The van der Waals surface area contributed by atoms with E-state index in [0.717, 1.165) is 31.3 Å². The zero-order chi connectivity index (χ0) is 15.9. The highest BCUT2D eigenvalue weighted by Crippen LogP contribution is 2.20. The molecule has 0 atom stereocenters. The minimum atomic E-state index is 0.373. The predicted octanol–water partition coefficient (Wildman–Crippen LogP) is 2.04. The third kappa shape index (κ3) is 6.60. The molecular weight excluding hydrogens is 264 g/mol. The van der Waals surface area contributed by atoms with Crippen molar-refractivity contribution in [1.82, 2.24) is 25.0 Å². The van der Waals surface area contributed by atoms with Gasteiger partial charge >= 0.3 is 0 Å². The third-order valence-electron chi connectivity index (χ3n) is 3.23. The summed E-state index contributed by atoms with van der Waals surface area (Å²) >= 11 is 0. The first kappa shape index (κ1) is 17.5. The Bertz CT molecular complexity index is 443. The van der Waals surface area contributed by atoms with Crippen molar-refractivity contribution in [2.75, 3.05) is 20.1 Å². The monoisotopic (exact) mass is 294 g/mol. The molecule has 0 radical (unpaired) electrons. The first-order valence-electron chi connectivity index (χ1n) is 7.66. The Balaban J connectivity index is 2.56. The van der Waals surface area contributed by atoms with Gasteiger partial charge in [-0.3, -0.25) is 9.67 Å². The molecule has 1 rings (SSSR count). The number of guanidine groups is 1. The highest BCUT2D eigenvalue weighted by molar-refractivity contribution is 5.79. The van der Waals surface area contributed by atoms with E-state index in [4.69, 9.17) is 4.99 Å². The van der Waals surface area contributed by atoms with Crippen molar-refractivity contribution in [3.63, 3.8) is 0 Å². The number of nitrogens with zero attached hydrogens (tertiary/aromatic N) is 5. The van der Waals surface area contributed by atoms with E-state index in [2.05, 4.69) is 48.0 Å². The molecule has 0 amide bonds. The quantitative estimate of drug-likeness (QED) is 0.495. The summed E-state index contributed by atoms with van der Waals surface area (Å²) in [7, 11) is 3.93. The lowest BCUT2D eigenvalue weighted by molar-refractivity contribution is 0.367. The van der Waals surface area contributed by atoms with Crippen LogP contribution >= 0.6 is 0 Å². The summed E-state index contributed by atoms with van der Waals surface area (Å²) in [6.07, 6.45) is 3.87. The Kier molecular flexibility index (Phi) is 6.65. The van der Waals surface area contributed by atoms with Crippen molar-refractivity contribution < 1.29 is 0 Å². The van der Waals surface area contributed by atoms with Gasteiger partial charge in [-0.1, -0.05) is 20.8 Å². The van der Waals surface area contributed by atoms with Crippen molar-refractivity contribution in [2.24, 2.45) is 17.5 Å². The van der Waals surface area contributed by atoms with E-state index in [1.165, 1.54) is 6.42 Å². The molecule has 1 heterocycles. The molecule has 0 bridgehead atoms. The van der Waals surface area contributed by atoms with Crippen LogP contribution in [-0.2, 0) is 13.6 Å². The molecule has 21 heavy (non-hydrogen) atoms. The number of hydrogen-bond donors (Lipinski definition) is 1. The Morgan fingerprint density at radius 3 is 2.67 bits per heavy atom. The van der Waals surface area contributed by atoms with Crippen molar-refractivity contribution in [2.45, 2.75) is 47.1 Å². The van der Waals surface area contributed by atoms with Gasteiger partial charge in [0.2, 0.25) is 0 Å². The summed E-state index contributed by atoms with van der Waals surface area (Å²) in [4.78, 5) is 11.0. The Morgan fingerprint density at radius 2 is 2.14 bits per heavy atom. The summed E-state index contributed by atoms with van der Waals surface area (Å²) < 4.78 is 1.79. The van der Waals surface area contributed by atoms with E-state index < -0.39 is 0 Å². The second kappa shape index (κ2) is 8.00. The zero-order valence-electron chi connectivity index (χ0n) is 14.3. The summed E-state index contributed by atoms with van der Waals surface area (Å²) in [6, 6.07) is 0. The fourth-order valence-corrected chi connectivity index (χ4v) is 2.01. The van der Waals surface area contributed by atoms with E-state index in [-0.39, 0.29) is 0 Å². The lowest BCUT2D eigenvalue weighted by Gasteiger charge is -2.22. The van der Waals surface area contributed by atoms with Crippen LogP contribution in [0.15, 0.2) is 11.3 Å². The fourth-order valence-electron chi connectivity index (χ4n) is 2.01. The Hall–Kier alpha value is -1.59. The van der Waals surface area contributed by atoms with E-state index in [1.54, 1.807) is 11.0 Å². The van der Waals surface area contributed by atoms with Crippen LogP contribution in [0.1, 0.15) is 46.4 Å². The molecule has 0 unspecified atom stereocenters. The van der Waals surface area contributed by atoms with Crippen LogP contribution in [0.3, 0.4) is 0 Å². The molecule has 0 saturated carbocycles. The van der Waals surface area contributed by atoms with E-state index in [0.29, 0.717) is 12.0 Å². The summed E-state index contributed by atoms with van der Waals surface area (Å²) in [5.41, 5.74) is 0.373. The molecule has 1 aromatic rings. The molecule has 0 saturated heterocycles. The molecule has 0 fully saturated rings. The van der Waals surface area contributed by atoms with E-state index >= 15 is 0 Å². The lowest BCUT2D eigenvalue weighted by Crippen LogP contribution is -2.39. The van der Waals surface area contributed by atoms with Gasteiger partial charge in [0.1, 0.15) is 12.2 Å². The van der Waals surface area contributed by atoms with E-state index in [9.17, 15) is 0 Å². The van der Waals surface area contributed by atoms with Gasteiger partial charge in [0, 0.05) is 27.2 Å². The van der Waals surface area contributed by atoms with Crippen molar-refractivity contribution >= 4 is 5.96 Å². The summed E-state index contributed by atoms with van der Waals surface area (Å²) in [6.45, 7) is 11.3. The zero-order valence-corrected chi connectivity index (χ0v) is 14.3. The average molecular weight is 294 g/mol. The number of hydrogen-bond acceptors (Lipinski definition) is 3. The number of aryl methyl sites for hydroxylation is 1. The SMILES string of the molecule is CCNC(=NCCCC(C)(C)C)N(C)Cc1ncnn1C. The maximum absolute atomic E-state index is 4.70. The maximum Gasteiger partial charge on any atom is 0.194 e. The van der Waals surface area contributed by atoms with Crippen LogP contribution in [0.2, 0.25) is 0 Å². The smallest absolute Gasteiger partial charge is 0.194 e. The Labute approximate surface area is 128 Å². The minimum Gasteiger partial charge on any atom is -0.357 e. The highest BCUT2D eigenvalue weighted by atomic mass is 15.4. The molecule has 0 aliphatic rings. The molecule has 0 spiro atoms. The largest absolute Gasteiger partial charge is 0.357 e. The molecule has 0 aromatic carbocycles. The van der Waals surface area contributed by atoms with Crippen molar-refractivity contribution in [3.8, 4) is 0 Å². The van der Waals surface area contributed by atoms with Crippen molar-refractivity contribution in [3.05, 3.63) is 12.2 Å². The molecule has 0 aliphatic carbocycles. The lowest BCUT2D eigenvalue weighted by atomic mass is 9.91. The number of nitrogens with one attached hydrogen (secondary N) is 1. The van der Waals surface area contributed by atoms with Crippen LogP contribution in [0.25, 0.3) is 0 Å². The molecule has 1 aromatic heterocycles. The molecule has 6 nitrogen and oxygen atoms in total. The molecule has 0 aliphatic heterocycles. The van der Waals surface area contributed by atoms with Gasteiger partial charge in [-0.2, -0.15) is 5.10 Å². The number of aliphatic imine (C=N–C) groups is 1. The van der Waals surface area contributed by atoms with Gasteiger partial charge in [0.05, 0.1) is 6.54 Å². The van der Waals surface area contributed by atoms with Gasteiger partial charge in [-0.05, 0) is 25.2 Å². The van der Waals surface area contributed by atoms with Crippen LogP contribution in [-0.4, -0.2) is 45.8 Å². The predicted molar refractivity (Wildman–Crippen MR) is 87.1 cm³/mol. The molecule has 120 valence electrons. The third-order valence-corrected chi connectivity index (χ3v) is 3.23. The van der Waals surface area contributed by atoms with Crippen LogP contribution in [0.4, 0.5) is 0 Å². The molecular formula is C15H30N6. The van der Waals surface area contributed by atoms with Crippen LogP contribution in [0, 0.1) is 5.41 Å². The maximum atomic E-state index is 4.70. The second-order valence-corrected chi connectivity index (χ2v) is 6.56. The molecule has 6 heteroatoms. The number of rotatable bonds is 6. The standard InChI is InChI=1S/C15H30N6/c1-7-16-14(17-10-8-9-15(2,3)4)20(5)11-13-18-12-19-21(13)6/h12H,7-11H2,1-6H3,(H,16,17). The summed E-state index contributed by atoms with van der Waals surface area (Å²) in [5.74, 6) is 1.85. The Morgan fingerprint density at radius 1 is 1.43 bits per heavy atom. The minimum absolute atomic E-state index is 0.373. The van der Waals surface area contributed by atoms with Gasteiger partial charge in [-0.25, -0.2) is 4.98 Å². The van der Waals surface area contributed by atoms with Gasteiger partial charge in [-0.15, -0.1) is 0 Å².